The van der Waals surface area contributed by atoms with E-state index >= 15 is 0 Å². The van der Waals surface area contributed by atoms with Crippen molar-refractivity contribution >= 4 is 15.2 Å². The van der Waals surface area contributed by atoms with Gasteiger partial charge in [0.25, 0.3) is 0 Å². The van der Waals surface area contributed by atoms with Crippen LogP contribution in [0.4, 0.5) is 0 Å². The fourth-order valence-electron chi connectivity index (χ4n) is 4.83. The molecule has 0 radical (unpaired) electrons. The van der Waals surface area contributed by atoms with Crippen LogP contribution < -0.4 is 0 Å². The minimum Gasteiger partial charge on any atom is -0.508 e. The topological polar surface area (TPSA) is 283 Å². The molecule has 0 aliphatic rings. The largest absolute Gasteiger partial charge is 2.00 e. The molecule has 2 unspecified atom stereocenters. The molecule has 2 rings (SSSR count). The molecule has 0 aliphatic carbocycles. The zero-order valence-electron chi connectivity index (χ0n) is 22.9. The smallest absolute Gasteiger partial charge is 0.508 e. The molecule has 0 bridgehead atoms. The Morgan fingerprint density at radius 1 is 0.605 bits per heavy atom. The van der Waals surface area contributed by atoms with Crippen LogP contribution >= 0.6 is 15.2 Å². The van der Waals surface area contributed by atoms with Gasteiger partial charge in [0.2, 0.25) is 0 Å². The molecule has 0 aromatic heterocycles. The van der Waals surface area contributed by atoms with E-state index in [4.69, 9.17) is 0 Å². The van der Waals surface area contributed by atoms with Gasteiger partial charge in [-0.05, 0) is 34.4 Å². The van der Waals surface area contributed by atoms with Crippen LogP contribution in [0.5, 0.6) is 11.5 Å². The summed E-state index contributed by atoms with van der Waals surface area (Å²) in [4.78, 5) is 41.2. The van der Waals surface area contributed by atoms with Crippen molar-refractivity contribution in [1.82, 2.24) is 9.80 Å². The fourth-order valence-corrected chi connectivity index (χ4v) is 6.40. The average molecular weight is 696 g/mol. The van der Waals surface area contributed by atoms with Crippen LogP contribution in [0.25, 0.3) is 0 Å². The third-order valence-electron chi connectivity index (χ3n) is 6.77. The number of hydrogen-bond acceptors (Lipinski definition) is 12. The van der Waals surface area contributed by atoms with Gasteiger partial charge in [-0.1, -0.05) is 12.1 Å². The molecule has 43 heavy (non-hydrogen) atoms. The van der Waals surface area contributed by atoms with Gasteiger partial charge in [0.15, 0.2) is 0 Å². The van der Waals surface area contributed by atoms with E-state index in [2.05, 4.69) is 0 Å². The molecular formula is C24H38FeN2O14P2+2. The van der Waals surface area contributed by atoms with Crippen molar-refractivity contribution in [2.45, 2.75) is 51.6 Å². The van der Waals surface area contributed by atoms with Gasteiger partial charge in [-0.2, -0.15) is 0 Å². The van der Waals surface area contributed by atoms with Gasteiger partial charge < -0.3 is 60.4 Å². The maximum Gasteiger partial charge on any atom is 2.00 e. The first-order chi connectivity index (χ1) is 19.6. The number of aliphatic hydroxyl groups excluding tert-OH is 6. The van der Waals surface area contributed by atoms with Crippen molar-refractivity contribution in [3.8, 4) is 11.5 Å². The summed E-state index contributed by atoms with van der Waals surface area (Å²) in [5, 5.41) is 80.7. The van der Waals surface area contributed by atoms with Crippen molar-refractivity contribution in [1.29, 1.82) is 0 Å². The summed E-state index contributed by atoms with van der Waals surface area (Å²) in [6, 6.07) is 2.06. The summed E-state index contributed by atoms with van der Waals surface area (Å²) in [5.41, 5.74) is 0.453. The quantitative estimate of drug-likeness (QED) is 0.0653. The van der Waals surface area contributed by atoms with Crippen molar-refractivity contribution in [3.63, 3.8) is 0 Å². The minimum absolute atomic E-state index is 0. The molecule has 0 fully saturated rings. The van der Waals surface area contributed by atoms with Crippen LogP contribution in [0.15, 0.2) is 24.3 Å². The number of aliphatic hydroxyl groups is 6. The Morgan fingerprint density at radius 3 is 1.49 bits per heavy atom. The van der Waals surface area contributed by atoms with E-state index in [1.165, 1.54) is 18.2 Å². The molecule has 0 aliphatic heterocycles. The second-order valence-corrected chi connectivity index (χ2v) is 12.9. The standard InChI is InChI=1S/C24H38N2O14P2.Fe/c27-7-15-3-17(9-29)18(24(34)4-15)5-25(13-41(35,36)37)21(11-31)22(12-32)26(14-42(38,39)40)6-19-20(10-30)16(8-28)1-2-23(19)33;/h1-4,21-22,27-34H,5-14H2,(H2,35,36,37)(H2,38,39,40);/q;+2. The number of aromatic hydroxyl groups is 2. The summed E-state index contributed by atoms with van der Waals surface area (Å²) in [6.45, 7) is -5.32. The molecule has 2 aromatic rings. The maximum absolute atomic E-state index is 12.1. The molecule has 0 heterocycles. The summed E-state index contributed by atoms with van der Waals surface area (Å²) in [5.74, 6) is -0.873. The van der Waals surface area contributed by atoms with E-state index in [1.807, 2.05) is 0 Å². The fraction of sp³-hybridized carbons (Fsp3) is 0.500. The first-order valence-electron chi connectivity index (χ1n) is 12.5. The van der Waals surface area contributed by atoms with E-state index in [0.29, 0.717) is 0 Å². The summed E-state index contributed by atoms with van der Waals surface area (Å²) >= 11 is 0. The van der Waals surface area contributed by atoms with E-state index in [0.717, 1.165) is 15.9 Å². The molecule has 16 nitrogen and oxygen atoms in total. The monoisotopic (exact) mass is 696 g/mol. The Balaban J connectivity index is 0.00000924. The van der Waals surface area contributed by atoms with E-state index < -0.39 is 104 Å². The minimum atomic E-state index is -4.93. The number of nitrogens with zero attached hydrogens (tertiary/aromatic N) is 2. The number of phenols is 2. The van der Waals surface area contributed by atoms with Gasteiger partial charge in [-0.25, -0.2) is 0 Å². The normalized spacial score (nSPS) is 13.8. The molecule has 244 valence electrons. The third kappa shape index (κ3) is 11.1. The number of benzene rings is 2. The van der Waals surface area contributed by atoms with E-state index in [-0.39, 0.29) is 50.4 Å². The SMILES string of the molecule is O=P(O)(O)CN(Cc1c(O)cc(CO)cc1CO)C(CO)C(CO)N(Cc1c(O)ccc(CO)c1CO)CP(=O)(O)O.[Fe+2]. The number of hydrogen-bond donors (Lipinski definition) is 12. The Labute approximate surface area is 257 Å². The summed E-state index contributed by atoms with van der Waals surface area (Å²) in [7, 11) is -9.85. The predicted octanol–water partition coefficient (Wildman–Crippen LogP) is -1.64. The average Bonchev–Trinajstić information content (AvgIpc) is 2.91. The van der Waals surface area contributed by atoms with E-state index in [1.54, 1.807) is 0 Å². The second-order valence-electron chi connectivity index (χ2n) is 9.69. The molecule has 2 atom stereocenters. The number of phenolic OH excluding ortho intramolecular Hbond substituents is 2. The van der Waals surface area contributed by atoms with Crippen LogP contribution in [-0.4, -0.2) is 108 Å². The predicted molar refractivity (Wildman–Crippen MR) is 147 cm³/mol. The Hall–Kier alpha value is -1.46. The first-order valence-corrected chi connectivity index (χ1v) is 16.1. The third-order valence-corrected chi connectivity index (χ3v) is 8.24. The summed E-state index contributed by atoms with van der Waals surface area (Å²) < 4.78 is 24.3. The van der Waals surface area contributed by atoms with Crippen molar-refractivity contribution in [2.75, 3.05) is 25.8 Å². The summed E-state index contributed by atoms with van der Waals surface area (Å²) in [6.07, 6.45) is -2.12. The molecule has 0 saturated carbocycles. The zero-order valence-corrected chi connectivity index (χ0v) is 25.8. The maximum atomic E-state index is 12.1. The van der Waals surface area contributed by atoms with Crippen molar-refractivity contribution in [3.05, 3.63) is 57.6 Å². The van der Waals surface area contributed by atoms with Crippen molar-refractivity contribution < 1.29 is 86.6 Å². The van der Waals surface area contributed by atoms with E-state index in [9.17, 15) is 69.6 Å². The Morgan fingerprint density at radius 2 is 1.09 bits per heavy atom. The molecule has 19 heteroatoms. The second kappa shape index (κ2) is 17.3. The first kappa shape index (κ1) is 39.6. The van der Waals surface area contributed by atoms with Gasteiger partial charge in [0.1, 0.15) is 24.1 Å². The molecule has 0 spiro atoms. The zero-order chi connectivity index (χ0) is 31.8. The van der Waals surface area contributed by atoms with Crippen LogP contribution in [0.2, 0.25) is 0 Å². The van der Waals surface area contributed by atoms with Crippen LogP contribution in [-0.2, 0) is 65.7 Å². The molecule has 12 N–H and O–H groups in total. The molecule has 0 amide bonds. The van der Waals surface area contributed by atoms with Crippen LogP contribution in [0, 0.1) is 0 Å². The van der Waals surface area contributed by atoms with Gasteiger partial charge in [-0.3, -0.25) is 18.9 Å². The van der Waals surface area contributed by atoms with Crippen LogP contribution in [0.1, 0.15) is 33.4 Å². The van der Waals surface area contributed by atoms with Gasteiger partial charge in [0.05, 0.1) is 51.7 Å². The molecule has 0 saturated heterocycles. The Bertz CT molecular complexity index is 1290. The van der Waals surface area contributed by atoms with Crippen LogP contribution in [0.3, 0.4) is 0 Å². The van der Waals surface area contributed by atoms with Gasteiger partial charge >= 0.3 is 32.3 Å². The van der Waals surface area contributed by atoms with Gasteiger partial charge in [-0.15, -0.1) is 0 Å². The Kier molecular flexibility index (Phi) is 15.9. The van der Waals surface area contributed by atoms with Gasteiger partial charge in [0, 0.05) is 24.2 Å². The van der Waals surface area contributed by atoms with Crippen molar-refractivity contribution in [2.24, 2.45) is 0 Å². The molecule has 2 aromatic carbocycles. The molecular weight excluding hydrogens is 658 g/mol. The number of rotatable bonds is 17.